The van der Waals surface area contributed by atoms with E-state index in [2.05, 4.69) is 58.4 Å². The molecule has 1 aliphatic rings. The fourth-order valence-electron chi connectivity index (χ4n) is 3.58. The van der Waals surface area contributed by atoms with Gasteiger partial charge < -0.3 is 10.2 Å². The molecule has 0 saturated carbocycles. The summed E-state index contributed by atoms with van der Waals surface area (Å²) in [6.07, 6.45) is 0. The lowest BCUT2D eigenvalue weighted by atomic mass is 10.1. The molecule has 0 bridgehead atoms. The molecule has 0 aromatic carbocycles. The second-order valence-electron chi connectivity index (χ2n) is 7.80. The number of urea groups is 1. The maximum atomic E-state index is 11.7. The highest BCUT2D eigenvalue weighted by Crippen LogP contribution is 2.22. The largest absolute Gasteiger partial charge is 0.332 e. The van der Waals surface area contributed by atoms with Gasteiger partial charge in [-0.15, -0.1) is 0 Å². The number of aryl methyl sites for hydroxylation is 1. The molecule has 27 heavy (non-hydrogen) atoms. The van der Waals surface area contributed by atoms with E-state index in [1.165, 1.54) is 21.9 Å². The Kier molecular flexibility index (Phi) is 5.55. The zero-order valence-electron chi connectivity index (χ0n) is 17.3. The van der Waals surface area contributed by atoms with Crippen molar-refractivity contribution in [2.45, 2.75) is 59.9 Å². The number of hydrogen-bond acceptors (Lipinski definition) is 4. The van der Waals surface area contributed by atoms with Gasteiger partial charge in [0.25, 0.3) is 0 Å². The molecule has 1 N–H and O–H groups in total. The second kappa shape index (κ2) is 7.72. The average molecular weight is 374 g/mol. The summed E-state index contributed by atoms with van der Waals surface area (Å²) in [5, 5.41) is 12.2. The maximum Gasteiger partial charge on any atom is 0.317 e. The Morgan fingerprint density at radius 2 is 2.00 bits per heavy atom. The van der Waals surface area contributed by atoms with E-state index in [4.69, 9.17) is 5.10 Å². The number of carbonyl (C=O) groups excluding carboxylic acids is 1. The van der Waals surface area contributed by atoms with Crippen molar-refractivity contribution in [1.82, 2.24) is 34.7 Å². The summed E-state index contributed by atoms with van der Waals surface area (Å²) in [7, 11) is 3.47. The number of nitrogens with zero attached hydrogens (tertiary/aromatic N) is 6. The first-order chi connectivity index (χ1) is 12.8. The van der Waals surface area contributed by atoms with Crippen molar-refractivity contribution >= 4 is 6.03 Å². The van der Waals surface area contributed by atoms with Gasteiger partial charge in [0.1, 0.15) is 0 Å². The van der Waals surface area contributed by atoms with Crippen molar-refractivity contribution in [1.29, 1.82) is 0 Å². The smallest absolute Gasteiger partial charge is 0.317 e. The van der Waals surface area contributed by atoms with E-state index in [1.807, 2.05) is 0 Å². The van der Waals surface area contributed by atoms with Gasteiger partial charge in [-0.1, -0.05) is 0 Å². The van der Waals surface area contributed by atoms with Crippen molar-refractivity contribution in [2.24, 2.45) is 0 Å². The molecule has 0 spiro atoms. The van der Waals surface area contributed by atoms with Crippen LogP contribution in [0.15, 0.2) is 6.07 Å². The van der Waals surface area contributed by atoms with Gasteiger partial charge in [-0.25, -0.2) is 4.79 Å². The maximum absolute atomic E-state index is 11.7. The van der Waals surface area contributed by atoms with Crippen molar-refractivity contribution in [2.75, 3.05) is 20.6 Å². The molecule has 0 radical (unpaired) electrons. The van der Waals surface area contributed by atoms with Gasteiger partial charge in [0.15, 0.2) is 0 Å². The third kappa shape index (κ3) is 4.16. The van der Waals surface area contributed by atoms with E-state index in [0.717, 1.165) is 37.6 Å². The lowest BCUT2D eigenvalue weighted by Crippen LogP contribution is -2.34. The fourth-order valence-corrected chi connectivity index (χ4v) is 3.58. The quantitative estimate of drug-likeness (QED) is 0.871. The minimum Gasteiger partial charge on any atom is -0.332 e. The molecule has 3 rings (SSSR count). The van der Waals surface area contributed by atoms with Crippen molar-refractivity contribution in [3.05, 3.63) is 34.4 Å². The number of carbonyl (C=O) groups is 1. The molecule has 0 aliphatic carbocycles. The van der Waals surface area contributed by atoms with Crippen LogP contribution in [0.25, 0.3) is 0 Å². The van der Waals surface area contributed by atoms with E-state index in [0.29, 0.717) is 12.6 Å². The van der Waals surface area contributed by atoms with E-state index in [1.54, 1.807) is 14.1 Å². The van der Waals surface area contributed by atoms with Crippen molar-refractivity contribution in [3.63, 3.8) is 0 Å². The van der Waals surface area contributed by atoms with E-state index in [-0.39, 0.29) is 6.03 Å². The summed E-state index contributed by atoms with van der Waals surface area (Å²) < 4.78 is 4.18. The summed E-state index contributed by atoms with van der Waals surface area (Å²) >= 11 is 0. The Morgan fingerprint density at radius 1 is 1.26 bits per heavy atom. The number of hydrogen-bond donors (Lipinski definition) is 1. The third-order valence-corrected chi connectivity index (χ3v) is 5.10. The highest BCUT2D eigenvalue weighted by Gasteiger charge is 2.22. The van der Waals surface area contributed by atoms with Crippen LogP contribution in [0.5, 0.6) is 0 Å². The van der Waals surface area contributed by atoms with Crippen LogP contribution in [0, 0.1) is 13.8 Å². The molecule has 0 fully saturated rings. The zero-order valence-corrected chi connectivity index (χ0v) is 17.3. The number of amides is 2. The van der Waals surface area contributed by atoms with Crippen molar-refractivity contribution in [3.8, 4) is 0 Å². The number of fused-ring (bicyclic) bond motifs is 1. The molecular weight excluding hydrogens is 342 g/mol. The Morgan fingerprint density at radius 3 is 2.63 bits per heavy atom. The number of rotatable bonds is 5. The second-order valence-corrected chi connectivity index (χ2v) is 7.80. The minimum absolute atomic E-state index is 0.101. The van der Waals surface area contributed by atoms with Crippen LogP contribution in [0.1, 0.15) is 48.2 Å². The summed E-state index contributed by atoms with van der Waals surface area (Å²) in [6, 6.07) is 2.37. The zero-order chi connectivity index (χ0) is 19.7. The highest BCUT2D eigenvalue weighted by atomic mass is 16.2. The molecule has 2 aromatic rings. The Bertz CT molecular complexity index is 818. The molecular formula is C19H31N7O. The monoisotopic (exact) mass is 373 g/mol. The standard InChI is InChI=1S/C19H31N7O/c1-13(2)26-15(4)18(14(3)21-26)12-24-7-8-25-17(11-24)9-16(22-25)10-20-19(27)23(5)6/h9,13H,7-8,10-12H2,1-6H3,(H,20,27). The summed E-state index contributed by atoms with van der Waals surface area (Å²) in [5.41, 5.74) is 5.81. The van der Waals surface area contributed by atoms with Gasteiger partial charge in [-0.2, -0.15) is 10.2 Å². The van der Waals surface area contributed by atoms with Gasteiger partial charge in [-0.3, -0.25) is 14.3 Å². The predicted molar refractivity (Wildman–Crippen MR) is 104 cm³/mol. The molecule has 148 valence electrons. The van der Waals surface area contributed by atoms with Gasteiger partial charge >= 0.3 is 6.03 Å². The topological polar surface area (TPSA) is 71.2 Å². The fraction of sp³-hybridized carbons (Fsp3) is 0.632. The summed E-state index contributed by atoms with van der Waals surface area (Å²) in [6.45, 7) is 12.6. The molecule has 0 atom stereocenters. The normalized spacial score (nSPS) is 14.5. The molecule has 3 heterocycles. The van der Waals surface area contributed by atoms with Crippen LogP contribution in [-0.2, 0) is 26.2 Å². The van der Waals surface area contributed by atoms with Crippen LogP contribution in [-0.4, -0.2) is 56.0 Å². The third-order valence-electron chi connectivity index (χ3n) is 5.10. The van der Waals surface area contributed by atoms with E-state index in [9.17, 15) is 4.79 Å². The summed E-state index contributed by atoms with van der Waals surface area (Å²) in [5.74, 6) is 0. The van der Waals surface area contributed by atoms with Crippen LogP contribution in [0.4, 0.5) is 4.79 Å². The minimum atomic E-state index is -0.101. The van der Waals surface area contributed by atoms with E-state index < -0.39 is 0 Å². The lowest BCUT2D eigenvalue weighted by Gasteiger charge is -2.27. The van der Waals surface area contributed by atoms with Crippen LogP contribution >= 0.6 is 0 Å². The van der Waals surface area contributed by atoms with Crippen LogP contribution in [0.3, 0.4) is 0 Å². The van der Waals surface area contributed by atoms with Gasteiger partial charge in [0.2, 0.25) is 0 Å². The first kappa shape index (κ1) is 19.4. The summed E-state index contributed by atoms with van der Waals surface area (Å²) in [4.78, 5) is 15.7. The van der Waals surface area contributed by atoms with Gasteiger partial charge in [0, 0.05) is 51.0 Å². The lowest BCUT2D eigenvalue weighted by molar-refractivity contribution is 0.204. The molecule has 1 aliphatic heterocycles. The molecule has 8 heteroatoms. The number of nitrogens with one attached hydrogen (secondary N) is 1. The van der Waals surface area contributed by atoms with Gasteiger partial charge in [0.05, 0.1) is 30.2 Å². The average Bonchev–Trinajstić information content (AvgIpc) is 3.14. The molecule has 2 amide bonds. The van der Waals surface area contributed by atoms with Gasteiger partial charge in [-0.05, 0) is 33.8 Å². The van der Waals surface area contributed by atoms with Crippen molar-refractivity contribution < 1.29 is 4.79 Å². The number of aromatic nitrogens is 4. The molecule has 8 nitrogen and oxygen atoms in total. The first-order valence-corrected chi connectivity index (χ1v) is 9.54. The highest BCUT2D eigenvalue weighted by molar-refractivity contribution is 5.73. The van der Waals surface area contributed by atoms with Crippen LogP contribution in [0.2, 0.25) is 0 Å². The molecule has 2 aromatic heterocycles. The molecule has 0 saturated heterocycles. The van der Waals surface area contributed by atoms with Crippen LogP contribution < -0.4 is 5.32 Å². The molecule has 0 unspecified atom stereocenters. The Balaban J connectivity index is 1.66. The predicted octanol–water partition coefficient (Wildman–Crippen LogP) is 2.06. The van der Waals surface area contributed by atoms with E-state index >= 15 is 0 Å². The first-order valence-electron chi connectivity index (χ1n) is 9.54. The Hall–Kier alpha value is -2.35. The SMILES string of the molecule is Cc1nn(C(C)C)c(C)c1CN1CCn2nc(CNC(=O)N(C)C)cc2C1. The Labute approximate surface area is 161 Å².